The minimum Gasteiger partial charge on any atom is -0.504 e. The third-order valence-corrected chi connectivity index (χ3v) is 6.97. The summed E-state index contributed by atoms with van der Waals surface area (Å²) in [6.45, 7) is 4.00. The number of hydrogen-bond acceptors (Lipinski definition) is 6. The molecule has 3 heterocycles. The predicted molar refractivity (Wildman–Crippen MR) is 111 cm³/mol. The van der Waals surface area contributed by atoms with Crippen molar-refractivity contribution in [2.75, 3.05) is 12.4 Å². The molecule has 0 saturated heterocycles. The molecule has 4 rings (SSSR count). The van der Waals surface area contributed by atoms with Gasteiger partial charge in [0.1, 0.15) is 5.69 Å². The van der Waals surface area contributed by atoms with Gasteiger partial charge in [0.2, 0.25) is 0 Å². The summed E-state index contributed by atoms with van der Waals surface area (Å²) in [5.41, 5.74) is 2.83. The number of nitrogens with zero attached hydrogens (tertiary/aromatic N) is 3. The lowest BCUT2D eigenvalue weighted by Gasteiger charge is -2.26. The highest BCUT2D eigenvalue weighted by Gasteiger charge is 2.33. The second-order valence-corrected chi connectivity index (χ2v) is 8.60. The lowest BCUT2D eigenvalue weighted by Crippen LogP contribution is -2.27. The van der Waals surface area contributed by atoms with Crippen LogP contribution in [0.25, 0.3) is 16.7 Å². The highest BCUT2D eigenvalue weighted by atomic mass is 32.2. The number of para-hydroxylation sites is 1. The highest BCUT2D eigenvalue weighted by Crippen LogP contribution is 2.44. The molecule has 0 bridgehead atoms. The SMILES string of the molecule is CCc1sc(NC(=O)C2=C(O)c3c(c4ccccc4n3C)SN2C)nc1C. The summed E-state index contributed by atoms with van der Waals surface area (Å²) in [7, 11) is 3.68. The van der Waals surface area contributed by atoms with Gasteiger partial charge < -0.3 is 14.0 Å². The van der Waals surface area contributed by atoms with Crippen LogP contribution in [0.3, 0.4) is 0 Å². The number of likely N-dealkylation sites (N-methyl/N-ethyl adjacent to an activating group) is 1. The van der Waals surface area contributed by atoms with Crippen LogP contribution in [0.4, 0.5) is 5.13 Å². The maximum Gasteiger partial charge on any atom is 0.278 e. The van der Waals surface area contributed by atoms with Crippen molar-refractivity contribution in [3.8, 4) is 0 Å². The van der Waals surface area contributed by atoms with E-state index >= 15 is 0 Å². The van der Waals surface area contributed by atoms with E-state index < -0.39 is 0 Å². The molecule has 0 unspecified atom stereocenters. The van der Waals surface area contributed by atoms with E-state index in [0.717, 1.165) is 32.8 Å². The van der Waals surface area contributed by atoms with Gasteiger partial charge in [-0.1, -0.05) is 25.1 Å². The van der Waals surface area contributed by atoms with E-state index in [1.165, 1.54) is 23.3 Å². The Hall–Kier alpha value is -2.45. The van der Waals surface area contributed by atoms with Crippen molar-refractivity contribution < 1.29 is 9.90 Å². The van der Waals surface area contributed by atoms with Crippen molar-refractivity contribution in [1.82, 2.24) is 13.9 Å². The van der Waals surface area contributed by atoms with Crippen molar-refractivity contribution in [1.29, 1.82) is 0 Å². The molecule has 8 heteroatoms. The number of hydrogen-bond donors (Lipinski definition) is 2. The molecule has 2 aromatic heterocycles. The number of aryl methyl sites for hydroxylation is 3. The molecular formula is C19H20N4O2S2. The van der Waals surface area contributed by atoms with Crippen LogP contribution in [0.15, 0.2) is 34.9 Å². The van der Waals surface area contributed by atoms with Gasteiger partial charge in [-0.05, 0) is 31.4 Å². The Morgan fingerprint density at radius 1 is 1.30 bits per heavy atom. The summed E-state index contributed by atoms with van der Waals surface area (Å²) >= 11 is 2.91. The molecule has 2 N–H and O–H groups in total. The van der Waals surface area contributed by atoms with Crippen LogP contribution in [-0.4, -0.2) is 31.9 Å². The average molecular weight is 401 g/mol. The predicted octanol–water partition coefficient (Wildman–Crippen LogP) is 4.32. The van der Waals surface area contributed by atoms with Crippen molar-refractivity contribution >= 4 is 51.0 Å². The van der Waals surface area contributed by atoms with E-state index in [4.69, 9.17) is 0 Å². The van der Waals surface area contributed by atoms with E-state index in [0.29, 0.717) is 10.8 Å². The summed E-state index contributed by atoms with van der Waals surface area (Å²) in [5.74, 6) is -0.388. The first-order chi connectivity index (χ1) is 12.9. The molecule has 1 aliphatic rings. The second kappa shape index (κ2) is 6.61. The van der Waals surface area contributed by atoms with Gasteiger partial charge in [0.25, 0.3) is 5.91 Å². The van der Waals surface area contributed by atoms with Crippen LogP contribution in [0.2, 0.25) is 0 Å². The number of nitrogens with one attached hydrogen (secondary N) is 1. The minimum atomic E-state index is -0.366. The van der Waals surface area contributed by atoms with E-state index in [2.05, 4.69) is 17.2 Å². The van der Waals surface area contributed by atoms with Crippen molar-refractivity contribution in [3.05, 3.63) is 46.2 Å². The number of aliphatic hydroxyl groups is 1. The fourth-order valence-electron chi connectivity index (χ4n) is 3.38. The van der Waals surface area contributed by atoms with E-state index in [9.17, 15) is 9.90 Å². The largest absolute Gasteiger partial charge is 0.504 e. The lowest BCUT2D eigenvalue weighted by molar-refractivity contribution is -0.113. The lowest BCUT2D eigenvalue weighted by atomic mass is 10.2. The Bertz CT molecular complexity index is 1100. The molecule has 3 aromatic rings. The number of aromatic nitrogens is 2. The normalized spacial score (nSPS) is 14.0. The first-order valence-electron chi connectivity index (χ1n) is 8.62. The standard InChI is InChI=1S/C19H20N4O2S2/c1-5-13-10(2)20-19(26-13)21-18(25)15-16(24)14-17(27-23(15)4)11-8-6-7-9-12(11)22(14)3/h6-9,24H,5H2,1-4H3,(H,20,21,25). The molecule has 0 radical (unpaired) electrons. The average Bonchev–Trinajstić information content (AvgIpc) is 3.13. The first kappa shape index (κ1) is 17.9. The Balaban J connectivity index is 1.77. The zero-order valence-electron chi connectivity index (χ0n) is 15.5. The quantitative estimate of drug-likeness (QED) is 0.641. The van der Waals surface area contributed by atoms with Crippen LogP contribution >= 0.6 is 23.3 Å². The van der Waals surface area contributed by atoms with Crippen LogP contribution < -0.4 is 5.32 Å². The summed E-state index contributed by atoms with van der Waals surface area (Å²) < 4.78 is 3.64. The number of carbonyl (C=O) groups excluding carboxylic acids is 1. The molecule has 0 atom stereocenters. The molecule has 1 amide bonds. The Labute approximate surface area is 165 Å². The summed E-state index contributed by atoms with van der Waals surface area (Å²) in [6, 6.07) is 7.97. The van der Waals surface area contributed by atoms with Crippen LogP contribution in [0.5, 0.6) is 0 Å². The summed E-state index contributed by atoms with van der Waals surface area (Å²) in [5, 5.41) is 15.4. The Kier molecular flexibility index (Phi) is 4.39. The molecular weight excluding hydrogens is 380 g/mol. The first-order valence-corrected chi connectivity index (χ1v) is 10.2. The summed E-state index contributed by atoms with van der Waals surface area (Å²) in [6.07, 6.45) is 0.877. The van der Waals surface area contributed by atoms with Crippen molar-refractivity contribution in [2.45, 2.75) is 25.2 Å². The smallest absolute Gasteiger partial charge is 0.278 e. The zero-order valence-corrected chi connectivity index (χ0v) is 17.2. The van der Waals surface area contributed by atoms with Crippen LogP contribution in [0, 0.1) is 6.92 Å². The molecule has 6 nitrogen and oxygen atoms in total. The fraction of sp³-hybridized carbons (Fsp3) is 0.263. The molecule has 1 aliphatic heterocycles. The van der Waals surface area contributed by atoms with Gasteiger partial charge in [-0.2, -0.15) is 0 Å². The number of fused-ring (bicyclic) bond motifs is 3. The third kappa shape index (κ3) is 2.80. The Morgan fingerprint density at radius 3 is 2.74 bits per heavy atom. The van der Waals surface area contributed by atoms with Gasteiger partial charge in [0.05, 0.1) is 10.6 Å². The molecule has 0 fully saturated rings. The number of rotatable bonds is 3. The van der Waals surface area contributed by atoms with E-state index in [1.807, 2.05) is 42.8 Å². The van der Waals surface area contributed by atoms with E-state index in [1.54, 1.807) is 11.4 Å². The van der Waals surface area contributed by atoms with Gasteiger partial charge in [0.15, 0.2) is 16.6 Å². The fourth-order valence-corrected chi connectivity index (χ4v) is 5.40. The van der Waals surface area contributed by atoms with Gasteiger partial charge in [-0.3, -0.25) is 10.1 Å². The topological polar surface area (TPSA) is 70.4 Å². The van der Waals surface area contributed by atoms with Crippen LogP contribution in [-0.2, 0) is 18.3 Å². The number of benzene rings is 1. The van der Waals surface area contributed by atoms with Gasteiger partial charge in [0, 0.05) is 29.9 Å². The highest BCUT2D eigenvalue weighted by molar-refractivity contribution is 7.97. The molecule has 1 aromatic carbocycles. The molecule has 140 valence electrons. The molecule has 0 spiro atoms. The maximum atomic E-state index is 12.9. The zero-order chi connectivity index (χ0) is 19.3. The molecule has 0 saturated carbocycles. The third-order valence-electron chi connectivity index (χ3n) is 4.70. The van der Waals surface area contributed by atoms with Gasteiger partial charge >= 0.3 is 0 Å². The second-order valence-electron chi connectivity index (χ2n) is 6.38. The maximum absolute atomic E-state index is 12.9. The van der Waals surface area contributed by atoms with Gasteiger partial charge in [-0.25, -0.2) is 4.98 Å². The number of anilines is 1. The summed E-state index contributed by atoms with van der Waals surface area (Å²) in [4.78, 5) is 19.4. The Morgan fingerprint density at radius 2 is 2.04 bits per heavy atom. The number of amides is 1. The molecule has 0 aliphatic carbocycles. The van der Waals surface area contributed by atoms with Gasteiger partial charge in [-0.15, -0.1) is 11.3 Å². The van der Waals surface area contributed by atoms with Crippen LogP contribution in [0.1, 0.15) is 23.2 Å². The number of aliphatic hydroxyl groups excluding tert-OH is 1. The molecule has 27 heavy (non-hydrogen) atoms. The van der Waals surface area contributed by atoms with E-state index in [-0.39, 0.29) is 17.4 Å². The number of carbonyl (C=O) groups is 1. The number of thiazole rings is 1. The monoisotopic (exact) mass is 400 g/mol. The van der Waals surface area contributed by atoms with Crippen molar-refractivity contribution in [2.24, 2.45) is 7.05 Å². The van der Waals surface area contributed by atoms with Crippen molar-refractivity contribution in [3.63, 3.8) is 0 Å². The minimum absolute atomic E-state index is 0.0218.